The van der Waals surface area contributed by atoms with Gasteiger partial charge in [0.2, 0.25) is 0 Å². The van der Waals surface area contributed by atoms with Crippen LogP contribution in [0.2, 0.25) is 0 Å². The Hall–Kier alpha value is -1.10. The van der Waals surface area contributed by atoms with Gasteiger partial charge in [0.15, 0.2) is 0 Å². The van der Waals surface area contributed by atoms with Crippen LogP contribution in [0.5, 0.6) is 0 Å². The Balaban J connectivity index is 0. The Morgan fingerprint density at radius 3 is 1.45 bits per heavy atom. The molecule has 0 aromatic rings. The monoisotopic (exact) mass is 163 g/mol. The van der Waals surface area contributed by atoms with Crippen molar-refractivity contribution in [1.29, 1.82) is 0 Å². The predicted molar refractivity (Wildman–Crippen MR) is 38.3 cm³/mol. The van der Waals surface area contributed by atoms with Crippen molar-refractivity contribution < 1.29 is 19.4 Å². The number of rotatable bonds is 0. The quantitative estimate of drug-likeness (QED) is 0.401. The third-order valence-electron chi connectivity index (χ3n) is 0.276. The van der Waals surface area contributed by atoms with E-state index >= 15 is 0 Å². The molecule has 0 atom stereocenters. The molecular weight excluding hydrogens is 150 g/mol. The summed E-state index contributed by atoms with van der Waals surface area (Å²) in [5.41, 5.74) is 4.85. The number of carbonyl (C=O) groups excluding carboxylic acids is 2. The lowest BCUT2D eigenvalue weighted by atomic mass is 10.8. The van der Waals surface area contributed by atoms with E-state index in [1.807, 2.05) is 6.92 Å². The Labute approximate surface area is 65.4 Å². The van der Waals surface area contributed by atoms with Gasteiger partial charge < -0.3 is 5.73 Å². The molecule has 0 aromatic carbocycles. The minimum absolute atomic E-state index is 0.639. The van der Waals surface area contributed by atoms with Gasteiger partial charge in [0.05, 0.1) is 0 Å². The van der Waals surface area contributed by atoms with Gasteiger partial charge in [0, 0.05) is 13.8 Å². The number of hydrogen-bond donors (Lipinski definition) is 1. The zero-order valence-electron chi connectivity index (χ0n) is 6.92. The molecule has 0 radical (unpaired) electrons. The highest BCUT2D eigenvalue weighted by atomic mass is 17.2. The lowest BCUT2D eigenvalue weighted by Crippen LogP contribution is -2.03. The SMILES string of the molecule is CC(=O)OOC(C)=O.CCN. The molecule has 11 heavy (non-hydrogen) atoms. The molecule has 2 N–H and O–H groups in total. The van der Waals surface area contributed by atoms with Gasteiger partial charge in [0.1, 0.15) is 0 Å². The summed E-state index contributed by atoms with van der Waals surface area (Å²) in [6, 6.07) is 0. The van der Waals surface area contributed by atoms with Crippen LogP contribution in [0.3, 0.4) is 0 Å². The molecule has 0 fully saturated rings. The molecule has 0 unspecified atom stereocenters. The summed E-state index contributed by atoms with van der Waals surface area (Å²) in [6.07, 6.45) is 0. The highest BCUT2D eigenvalue weighted by Crippen LogP contribution is 1.78. The molecule has 0 aliphatic carbocycles. The standard InChI is InChI=1S/C4H6O4.C2H7N/c1-3(5)7-8-4(2)6;1-2-3/h1-2H3;2-3H2,1H3. The van der Waals surface area contributed by atoms with Crippen LogP contribution >= 0.6 is 0 Å². The molecular formula is C6H13NO4. The molecule has 0 aromatic heterocycles. The van der Waals surface area contributed by atoms with Crippen LogP contribution in [0.1, 0.15) is 20.8 Å². The number of nitrogens with two attached hydrogens (primary N) is 1. The normalized spacial score (nSPS) is 7.27. The lowest BCUT2D eigenvalue weighted by Gasteiger charge is -1.93. The average Bonchev–Trinajstić information content (AvgIpc) is 1.85. The molecule has 0 amide bonds. The summed E-state index contributed by atoms with van der Waals surface area (Å²) < 4.78 is 0. The first kappa shape index (κ1) is 12.6. The van der Waals surface area contributed by atoms with Gasteiger partial charge in [-0.15, -0.1) is 0 Å². The molecule has 5 heteroatoms. The van der Waals surface area contributed by atoms with E-state index in [1.165, 1.54) is 0 Å². The highest BCUT2D eigenvalue weighted by Gasteiger charge is 1.95. The van der Waals surface area contributed by atoms with E-state index in [9.17, 15) is 9.59 Å². The summed E-state index contributed by atoms with van der Waals surface area (Å²) in [5.74, 6) is -1.28. The summed E-state index contributed by atoms with van der Waals surface area (Å²) in [5, 5.41) is 0. The van der Waals surface area contributed by atoms with Crippen molar-refractivity contribution in [2.45, 2.75) is 20.8 Å². The van der Waals surface area contributed by atoms with E-state index in [-0.39, 0.29) is 0 Å². The predicted octanol–water partition coefficient (Wildman–Crippen LogP) is -0.00740. The molecule has 0 saturated carbocycles. The van der Waals surface area contributed by atoms with Crippen molar-refractivity contribution in [1.82, 2.24) is 0 Å². The van der Waals surface area contributed by atoms with E-state index < -0.39 is 11.9 Å². The van der Waals surface area contributed by atoms with Gasteiger partial charge in [-0.3, -0.25) is 0 Å². The summed E-state index contributed by atoms with van der Waals surface area (Å²) in [7, 11) is 0. The fourth-order valence-electron chi connectivity index (χ4n) is 0.117. The van der Waals surface area contributed by atoms with Gasteiger partial charge in [0.25, 0.3) is 0 Å². The lowest BCUT2D eigenvalue weighted by molar-refractivity contribution is -0.255. The van der Waals surface area contributed by atoms with E-state index in [1.54, 1.807) is 0 Å². The topological polar surface area (TPSA) is 78.6 Å². The summed E-state index contributed by atoms with van der Waals surface area (Å²) >= 11 is 0. The van der Waals surface area contributed by atoms with Crippen molar-refractivity contribution >= 4 is 11.9 Å². The molecule has 0 heterocycles. The summed E-state index contributed by atoms with van der Waals surface area (Å²) in [4.78, 5) is 27.3. The minimum atomic E-state index is -0.639. The molecule has 0 aliphatic heterocycles. The Bertz CT molecular complexity index is 110. The zero-order valence-corrected chi connectivity index (χ0v) is 6.92. The smallest absolute Gasteiger partial charge is 0.331 e. The Morgan fingerprint density at radius 2 is 1.36 bits per heavy atom. The molecule has 0 aliphatic rings. The van der Waals surface area contributed by atoms with E-state index in [0.29, 0.717) is 0 Å². The minimum Gasteiger partial charge on any atom is -0.331 e. The number of hydrogen-bond acceptors (Lipinski definition) is 5. The van der Waals surface area contributed by atoms with Gasteiger partial charge in [-0.1, -0.05) is 6.92 Å². The largest absolute Gasteiger partial charge is 0.352 e. The zero-order chi connectivity index (χ0) is 9.28. The average molecular weight is 163 g/mol. The van der Waals surface area contributed by atoms with E-state index in [0.717, 1.165) is 20.4 Å². The van der Waals surface area contributed by atoms with Crippen molar-refractivity contribution in [3.05, 3.63) is 0 Å². The van der Waals surface area contributed by atoms with E-state index in [2.05, 4.69) is 9.78 Å². The fraction of sp³-hybridized carbons (Fsp3) is 0.667. The van der Waals surface area contributed by atoms with Crippen LogP contribution in [0.15, 0.2) is 0 Å². The maximum absolute atomic E-state index is 9.85. The van der Waals surface area contributed by atoms with Gasteiger partial charge >= 0.3 is 11.9 Å². The highest BCUT2D eigenvalue weighted by molar-refractivity contribution is 5.69. The Morgan fingerprint density at radius 1 is 1.18 bits per heavy atom. The maximum Gasteiger partial charge on any atom is 0.352 e. The van der Waals surface area contributed by atoms with Crippen LogP contribution in [0.4, 0.5) is 0 Å². The van der Waals surface area contributed by atoms with Crippen molar-refractivity contribution in [3.8, 4) is 0 Å². The van der Waals surface area contributed by atoms with Crippen LogP contribution in [-0.4, -0.2) is 18.5 Å². The first-order valence-electron chi connectivity index (χ1n) is 3.10. The van der Waals surface area contributed by atoms with Crippen molar-refractivity contribution in [2.75, 3.05) is 6.54 Å². The second kappa shape index (κ2) is 8.90. The van der Waals surface area contributed by atoms with E-state index in [4.69, 9.17) is 5.73 Å². The first-order chi connectivity index (χ1) is 5.04. The van der Waals surface area contributed by atoms with Crippen molar-refractivity contribution in [3.63, 3.8) is 0 Å². The van der Waals surface area contributed by atoms with Crippen molar-refractivity contribution in [2.24, 2.45) is 5.73 Å². The second-order valence-electron chi connectivity index (χ2n) is 1.56. The Kier molecular flexibility index (Phi) is 10.2. The third-order valence-corrected chi connectivity index (χ3v) is 0.276. The van der Waals surface area contributed by atoms with Gasteiger partial charge in [-0.05, 0) is 6.54 Å². The third kappa shape index (κ3) is 27.9. The maximum atomic E-state index is 9.85. The molecule has 0 saturated heterocycles. The van der Waals surface area contributed by atoms with Crippen LogP contribution in [0.25, 0.3) is 0 Å². The van der Waals surface area contributed by atoms with Gasteiger partial charge in [-0.2, -0.15) is 0 Å². The number of carbonyl (C=O) groups is 2. The summed E-state index contributed by atoms with van der Waals surface area (Å²) in [6.45, 7) is 4.94. The molecule has 0 bridgehead atoms. The van der Waals surface area contributed by atoms with Crippen LogP contribution in [-0.2, 0) is 19.4 Å². The molecule has 0 rings (SSSR count). The molecule has 5 nitrogen and oxygen atoms in total. The second-order valence-corrected chi connectivity index (χ2v) is 1.56. The van der Waals surface area contributed by atoms with Crippen LogP contribution < -0.4 is 5.73 Å². The molecule has 0 spiro atoms. The fourth-order valence-corrected chi connectivity index (χ4v) is 0.117. The van der Waals surface area contributed by atoms with Gasteiger partial charge in [-0.25, -0.2) is 19.4 Å². The molecule has 66 valence electrons. The first-order valence-corrected chi connectivity index (χ1v) is 3.10. The van der Waals surface area contributed by atoms with Crippen LogP contribution in [0, 0.1) is 0 Å².